The van der Waals surface area contributed by atoms with Crippen molar-refractivity contribution in [1.29, 1.82) is 0 Å². The van der Waals surface area contributed by atoms with Crippen LogP contribution in [0.1, 0.15) is 34.7 Å². The molecule has 28 heavy (non-hydrogen) atoms. The Morgan fingerprint density at radius 2 is 1.50 bits per heavy atom. The molecule has 0 fully saturated rings. The molecule has 0 bridgehead atoms. The molecule has 0 amide bonds. The summed E-state index contributed by atoms with van der Waals surface area (Å²) >= 11 is 0. The van der Waals surface area contributed by atoms with Crippen molar-refractivity contribution in [3.63, 3.8) is 0 Å². The molecule has 3 nitrogen and oxygen atoms in total. The first-order chi connectivity index (χ1) is 12.8. The molecule has 0 heterocycles. The Balaban J connectivity index is 2.01. The fourth-order valence-corrected chi connectivity index (χ4v) is 4.42. The molecule has 2 aromatic carbocycles. The Hall–Kier alpha value is -2.01. The van der Waals surface area contributed by atoms with Gasteiger partial charge in [-0.1, -0.05) is 23.7 Å². The molecule has 2 radical (unpaired) electrons. The molecule has 0 saturated carbocycles. The number of sulfonamides is 1. The van der Waals surface area contributed by atoms with Crippen LogP contribution in [0.3, 0.4) is 0 Å². The van der Waals surface area contributed by atoms with Crippen molar-refractivity contribution in [2.75, 3.05) is 0 Å². The van der Waals surface area contributed by atoms with Crippen LogP contribution < -0.4 is 10.2 Å². The first kappa shape index (κ1) is 20.7. The largest absolute Gasteiger partial charge is 0.416 e. The molecule has 2 aromatic rings. The average molecular weight is 419 g/mol. The van der Waals surface area contributed by atoms with Gasteiger partial charge in [-0.05, 0) is 42.2 Å². The van der Waals surface area contributed by atoms with E-state index in [9.17, 15) is 34.8 Å². The van der Waals surface area contributed by atoms with Crippen molar-refractivity contribution in [2.45, 2.75) is 36.1 Å². The van der Waals surface area contributed by atoms with Crippen LogP contribution in [0.15, 0.2) is 41.3 Å². The molecular weight excluding hydrogens is 407 g/mol. The Bertz CT molecular complexity index is 985. The standard InChI is InChI=1S/C17H12BF6NO2S/c18-12-2-3-14-9(5-12)1-4-15(14)25-28(26,27)13-7-10(16(19,20)21)6-11(8-13)17(22,23)24/h2-3,5-8,15,25H,1,4H2. The zero-order valence-electron chi connectivity index (χ0n) is 14.0. The van der Waals surface area contributed by atoms with Gasteiger partial charge in [0.2, 0.25) is 10.0 Å². The molecule has 0 spiro atoms. The molecule has 1 aliphatic rings. The van der Waals surface area contributed by atoms with E-state index in [1.54, 1.807) is 12.1 Å². The SMILES string of the molecule is [B]c1ccc2c(c1)CCC2NS(=O)(=O)c1cc(C(F)(F)F)cc(C(F)(F)F)c1. The van der Waals surface area contributed by atoms with Crippen LogP contribution in [0, 0.1) is 0 Å². The second-order valence-corrected chi connectivity index (χ2v) is 8.13. The van der Waals surface area contributed by atoms with Crippen LogP contribution in [-0.4, -0.2) is 16.3 Å². The van der Waals surface area contributed by atoms with Crippen LogP contribution >= 0.6 is 0 Å². The van der Waals surface area contributed by atoms with Crippen LogP contribution in [0.5, 0.6) is 0 Å². The molecule has 11 heteroatoms. The average Bonchev–Trinajstić information content (AvgIpc) is 2.94. The van der Waals surface area contributed by atoms with Gasteiger partial charge < -0.3 is 0 Å². The fraction of sp³-hybridized carbons (Fsp3) is 0.294. The number of hydrogen-bond acceptors (Lipinski definition) is 2. The van der Waals surface area contributed by atoms with E-state index >= 15 is 0 Å². The van der Waals surface area contributed by atoms with Crippen LogP contribution in [-0.2, 0) is 28.8 Å². The van der Waals surface area contributed by atoms with E-state index in [0.717, 1.165) is 5.56 Å². The van der Waals surface area contributed by atoms with Crippen molar-refractivity contribution >= 4 is 23.3 Å². The summed E-state index contributed by atoms with van der Waals surface area (Å²) in [6, 6.07) is 4.26. The Morgan fingerprint density at radius 3 is 2.04 bits per heavy atom. The quantitative estimate of drug-likeness (QED) is 0.612. The maximum atomic E-state index is 13.0. The highest BCUT2D eigenvalue weighted by Crippen LogP contribution is 2.38. The zero-order valence-corrected chi connectivity index (χ0v) is 14.8. The summed E-state index contributed by atoms with van der Waals surface area (Å²) in [5.41, 5.74) is -1.56. The first-order valence-electron chi connectivity index (χ1n) is 7.97. The number of nitrogens with one attached hydrogen (secondary N) is 1. The topological polar surface area (TPSA) is 46.2 Å². The van der Waals surface area contributed by atoms with Crippen molar-refractivity contribution in [3.8, 4) is 0 Å². The third-order valence-corrected chi connectivity index (χ3v) is 5.86. The van der Waals surface area contributed by atoms with Gasteiger partial charge in [0, 0.05) is 6.04 Å². The van der Waals surface area contributed by atoms with E-state index in [0.29, 0.717) is 23.9 Å². The van der Waals surface area contributed by atoms with Gasteiger partial charge in [0.15, 0.2) is 0 Å². The summed E-state index contributed by atoms with van der Waals surface area (Å²) in [4.78, 5) is -1.10. The van der Waals surface area contributed by atoms with Gasteiger partial charge in [0.1, 0.15) is 7.85 Å². The molecule has 1 unspecified atom stereocenters. The molecule has 1 N–H and O–H groups in total. The molecule has 3 rings (SSSR count). The number of rotatable bonds is 3. The first-order valence-corrected chi connectivity index (χ1v) is 9.46. The smallest absolute Gasteiger partial charge is 0.207 e. The summed E-state index contributed by atoms with van der Waals surface area (Å²) < 4.78 is 105. The normalized spacial score (nSPS) is 17.6. The lowest BCUT2D eigenvalue weighted by molar-refractivity contribution is -0.143. The number of hydrogen-bond donors (Lipinski definition) is 1. The van der Waals surface area contributed by atoms with Gasteiger partial charge in [-0.3, -0.25) is 0 Å². The molecule has 0 aromatic heterocycles. The Kier molecular flexibility index (Phi) is 5.03. The van der Waals surface area contributed by atoms with Gasteiger partial charge in [-0.2, -0.15) is 26.3 Å². The predicted octanol–water partition coefficient (Wildman–Crippen LogP) is 3.48. The van der Waals surface area contributed by atoms with E-state index in [2.05, 4.69) is 4.72 Å². The monoisotopic (exact) mass is 419 g/mol. The third kappa shape index (κ3) is 4.20. The maximum absolute atomic E-state index is 13.0. The van der Waals surface area contributed by atoms with Crippen LogP contribution in [0.25, 0.3) is 0 Å². The van der Waals surface area contributed by atoms with Crippen molar-refractivity contribution in [2.24, 2.45) is 0 Å². The summed E-state index contributed by atoms with van der Waals surface area (Å²) in [6.07, 6.45) is -9.49. The highest BCUT2D eigenvalue weighted by atomic mass is 32.2. The lowest BCUT2D eigenvalue weighted by Crippen LogP contribution is -2.28. The number of aryl methyl sites for hydroxylation is 1. The highest BCUT2D eigenvalue weighted by Gasteiger charge is 2.39. The molecular formula is C17H12BF6NO2S. The maximum Gasteiger partial charge on any atom is 0.416 e. The lowest BCUT2D eigenvalue weighted by Gasteiger charge is -2.17. The van der Waals surface area contributed by atoms with Crippen molar-refractivity contribution in [1.82, 2.24) is 4.72 Å². The third-order valence-electron chi connectivity index (χ3n) is 4.41. The van der Waals surface area contributed by atoms with Crippen molar-refractivity contribution in [3.05, 3.63) is 58.7 Å². The van der Waals surface area contributed by atoms with E-state index in [-0.39, 0.29) is 18.2 Å². The van der Waals surface area contributed by atoms with Crippen molar-refractivity contribution < 1.29 is 34.8 Å². The predicted molar refractivity (Wildman–Crippen MR) is 89.7 cm³/mol. The fourth-order valence-electron chi connectivity index (χ4n) is 3.10. The molecule has 1 atom stereocenters. The molecule has 1 aliphatic carbocycles. The van der Waals surface area contributed by atoms with Gasteiger partial charge in [-0.25, -0.2) is 13.1 Å². The molecule has 0 saturated heterocycles. The second kappa shape index (κ2) is 6.80. The molecule has 148 valence electrons. The van der Waals surface area contributed by atoms with Gasteiger partial charge in [-0.15, -0.1) is 0 Å². The summed E-state index contributed by atoms with van der Waals surface area (Å²) in [7, 11) is 1.01. The van der Waals surface area contributed by atoms with E-state index in [1.807, 2.05) is 0 Å². The summed E-state index contributed by atoms with van der Waals surface area (Å²) in [5.74, 6) is 0. The van der Waals surface area contributed by atoms with Gasteiger partial charge in [0.05, 0.1) is 16.0 Å². The lowest BCUT2D eigenvalue weighted by atomic mass is 9.92. The van der Waals surface area contributed by atoms with Crippen LogP contribution in [0.2, 0.25) is 0 Å². The Labute approximate surface area is 158 Å². The minimum absolute atomic E-state index is 0.118. The number of alkyl halides is 6. The summed E-state index contributed by atoms with van der Waals surface area (Å²) in [5, 5.41) is 0. The minimum Gasteiger partial charge on any atom is -0.207 e. The highest BCUT2D eigenvalue weighted by molar-refractivity contribution is 7.89. The van der Waals surface area contributed by atoms with Gasteiger partial charge in [0.25, 0.3) is 0 Å². The Morgan fingerprint density at radius 1 is 0.929 bits per heavy atom. The van der Waals surface area contributed by atoms with E-state index < -0.39 is 44.4 Å². The second-order valence-electron chi connectivity index (χ2n) is 6.41. The zero-order chi connectivity index (χ0) is 20.9. The minimum atomic E-state index is -5.14. The number of fused-ring (bicyclic) bond motifs is 1. The number of benzene rings is 2. The number of halogens is 6. The van der Waals surface area contributed by atoms with Crippen LogP contribution in [0.4, 0.5) is 26.3 Å². The van der Waals surface area contributed by atoms with E-state index in [4.69, 9.17) is 7.85 Å². The molecule has 0 aliphatic heterocycles. The van der Waals surface area contributed by atoms with Gasteiger partial charge >= 0.3 is 12.4 Å². The summed E-state index contributed by atoms with van der Waals surface area (Å²) in [6.45, 7) is 0. The van der Waals surface area contributed by atoms with E-state index in [1.165, 1.54) is 6.07 Å².